The summed E-state index contributed by atoms with van der Waals surface area (Å²) in [4.78, 5) is 11.2. The summed E-state index contributed by atoms with van der Waals surface area (Å²) in [6.07, 6.45) is 2.01. The molecule has 1 fully saturated rings. The minimum absolute atomic E-state index is 0.276. The van der Waals surface area contributed by atoms with Gasteiger partial charge in [0.25, 0.3) is 0 Å². The van der Waals surface area contributed by atoms with Crippen molar-refractivity contribution in [2.24, 2.45) is 5.92 Å². The molecule has 0 aromatic carbocycles. The Morgan fingerprint density at radius 2 is 2.20 bits per heavy atom. The number of nitrogens with zero attached hydrogens (tertiary/aromatic N) is 2. The molecule has 0 aliphatic heterocycles. The molecule has 6 heteroatoms. The quantitative estimate of drug-likeness (QED) is 0.763. The highest BCUT2D eigenvalue weighted by molar-refractivity contribution is 7.18. The predicted molar refractivity (Wildman–Crippen MR) is 83.5 cm³/mol. The first-order chi connectivity index (χ1) is 9.67. The van der Waals surface area contributed by atoms with Crippen molar-refractivity contribution in [2.75, 3.05) is 23.7 Å². The van der Waals surface area contributed by atoms with Crippen LogP contribution in [0.5, 0.6) is 0 Å². The van der Waals surface area contributed by atoms with E-state index in [2.05, 4.69) is 33.6 Å². The number of hydrogen-bond acceptors (Lipinski definition) is 6. The van der Waals surface area contributed by atoms with E-state index in [0.29, 0.717) is 18.4 Å². The fourth-order valence-corrected chi connectivity index (χ4v) is 3.14. The predicted octanol–water partition coefficient (Wildman–Crippen LogP) is 2.61. The zero-order valence-corrected chi connectivity index (χ0v) is 12.6. The van der Waals surface area contributed by atoms with Gasteiger partial charge < -0.3 is 15.7 Å². The Balaban J connectivity index is 1.85. The molecule has 20 heavy (non-hydrogen) atoms. The monoisotopic (exact) mass is 292 g/mol. The van der Waals surface area contributed by atoms with Crippen molar-refractivity contribution in [1.29, 1.82) is 0 Å². The maximum Gasteiger partial charge on any atom is 0.226 e. The first-order valence-corrected chi connectivity index (χ1v) is 7.93. The average molecular weight is 292 g/mol. The second-order valence-corrected chi connectivity index (χ2v) is 6.52. The number of nitrogens with one attached hydrogen (secondary N) is 2. The van der Waals surface area contributed by atoms with Crippen molar-refractivity contribution in [2.45, 2.75) is 32.8 Å². The van der Waals surface area contributed by atoms with Crippen molar-refractivity contribution < 1.29 is 5.11 Å². The molecule has 1 aliphatic rings. The summed E-state index contributed by atoms with van der Waals surface area (Å²) in [6, 6.07) is 2.10. The molecule has 5 nitrogen and oxygen atoms in total. The molecule has 1 aliphatic carbocycles. The van der Waals surface area contributed by atoms with Gasteiger partial charge in [-0.25, -0.2) is 4.98 Å². The number of fused-ring (bicyclic) bond motifs is 1. The molecule has 2 aromatic heterocycles. The van der Waals surface area contributed by atoms with E-state index in [1.54, 1.807) is 11.3 Å². The van der Waals surface area contributed by atoms with Crippen LogP contribution in [0.25, 0.3) is 10.2 Å². The molecule has 2 heterocycles. The van der Waals surface area contributed by atoms with Gasteiger partial charge in [0.2, 0.25) is 5.95 Å². The van der Waals surface area contributed by atoms with Gasteiger partial charge in [0.05, 0.1) is 11.5 Å². The molecule has 0 bridgehead atoms. The van der Waals surface area contributed by atoms with Gasteiger partial charge in [0, 0.05) is 18.0 Å². The number of aliphatic hydroxyl groups is 1. The number of anilines is 2. The van der Waals surface area contributed by atoms with E-state index in [1.807, 2.05) is 6.92 Å². The van der Waals surface area contributed by atoms with Gasteiger partial charge in [-0.3, -0.25) is 0 Å². The lowest BCUT2D eigenvalue weighted by molar-refractivity contribution is 0.164. The van der Waals surface area contributed by atoms with Gasteiger partial charge in [-0.1, -0.05) is 0 Å². The molecule has 0 saturated heterocycles. The maximum atomic E-state index is 9.98. The van der Waals surface area contributed by atoms with E-state index in [-0.39, 0.29) is 6.10 Å². The molecular formula is C14H20N4OS. The van der Waals surface area contributed by atoms with Crippen LogP contribution in [0.4, 0.5) is 11.8 Å². The lowest BCUT2D eigenvalue weighted by atomic mass is 10.2. The Morgan fingerprint density at radius 1 is 1.40 bits per heavy atom. The van der Waals surface area contributed by atoms with Crippen molar-refractivity contribution in [3.05, 3.63) is 10.9 Å². The number of aliphatic hydroxyl groups excluding tert-OH is 1. The second kappa shape index (κ2) is 5.54. The van der Waals surface area contributed by atoms with Crippen molar-refractivity contribution in [3.63, 3.8) is 0 Å². The number of hydrogen-bond donors (Lipinski definition) is 3. The summed E-state index contributed by atoms with van der Waals surface area (Å²) < 4.78 is 0. The molecule has 2 aromatic rings. The van der Waals surface area contributed by atoms with Gasteiger partial charge in [-0.15, -0.1) is 11.3 Å². The summed E-state index contributed by atoms with van der Waals surface area (Å²) in [5.41, 5.74) is 0. The Hall–Kier alpha value is -1.40. The molecule has 0 radical (unpaired) electrons. The average Bonchev–Trinajstić information content (AvgIpc) is 3.18. The van der Waals surface area contributed by atoms with Crippen LogP contribution in [-0.4, -0.2) is 34.3 Å². The molecular weight excluding hydrogens is 272 g/mol. The first-order valence-electron chi connectivity index (χ1n) is 7.11. The minimum atomic E-state index is -0.276. The molecule has 108 valence electrons. The van der Waals surface area contributed by atoms with Crippen molar-refractivity contribution in [3.8, 4) is 0 Å². The smallest absolute Gasteiger partial charge is 0.226 e. The van der Waals surface area contributed by atoms with E-state index < -0.39 is 0 Å². The van der Waals surface area contributed by atoms with Crippen LogP contribution in [0.1, 0.15) is 24.6 Å². The fraction of sp³-hybridized carbons (Fsp3) is 0.571. The van der Waals surface area contributed by atoms with Gasteiger partial charge >= 0.3 is 0 Å². The van der Waals surface area contributed by atoms with E-state index in [0.717, 1.165) is 35.4 Å². The van der Waals surface area contributed by atoms with Gasteiger partial charge in [0.15, 0.2) is 0 Å². The van der Waals surface area contributed by atoms with Crippen LogP contribution in [0.15, 0.2) is 6.07 Å². The summed E-state index contributed by atoms with van der Waals surface area (Å²) in [6.45, 7) is 5.44. The van der Waals surface area contributed by atoms with Crippen LogP contribution in [0, 0.1) is 12.8 Å². The molecule has 3 N–H and O–H groups in total. The fourth-order valence-electron chi connectivity index (χ4n) is 2.26. The number of rotatable bonds is 6. The Bertz CT molecular complexity index is 608. The van der Waals surface area contributed by atoms with Gasteiger partial charge in [-0.05, 0) is 38.7 Å². The van der Waals surface area contributed by atoms with Crippen molar-refractivity contribution >= 4 is 33.3 Å². The molecule has 1 unspecified atom stereocenters. The zero-order chi connectivity index (χ0) is 14.1. The number of aromatic nitrogens is 2. The first kappa shape index (κ1) is 13.6. The number of thiophene rings is 1. The maximum absolute atomic E-state index is 9.98. The van der Waals surface area contributed by atoms with Crippen LogP contribution in [0.2, 0.25) is 0 Å². The molecule has 1 atom stereocenters. The molecule has 1 saturated carbocycles. The zero-order valence-electron chi connectivity index (χ0n) is 11.8. The Labute approximate surface area is 122 Å². The van der Waals surface area contributed by atoms with Crippen molar-refractivity contribution in [1.82, 2.24) is 9.97 Å². The topological polar surface area (TPSA) is 70.1 Å². The highest BCUT2D eigenvalue weighted by atomic mass is 32.1. The van der Waals surface area contributed by atoms with E-state index in [9.17, 15) is 5.11 Å². The van der Waals surface area contributed by atoms with Gasteiger partial charge in [0.1, 0.15) is 10.6 Å². The van der Waals surface area contributed by atoms with E-state index in [4.69, 9.17) is 0 Å². The third kappa shape index (κ3) is 2.86. The highest BCUT2D eigenvalue weighted by Crippen LogP contribution is 2.33. The molecule has 0 spiro atoms. The summed E-state index contributed by atoms with van der Waals surface area (Å²) in [5, 5.41) is 17.5. The minimum Gasteiger partial charge on any atom is -0.391 e. The normalized spacial score (nSPS) is 16.4. The number of aryl methyl sites for hydroxylation is 1. The standard InChI is InChI=1S/C14H20N4OS/c1-3-15-14-17-12(16-7-11(19)9-4-5-9)10-6-8(2)20-13(10)18-14/h6,9,11,19H,3-5,7H2,1-2H3,(H2,15,16,17,18). The van der Waals surface area contributed by atoms with E-state index in [1.165, 1.54) is 4.88 Å². The molecule has 3 rings (SSSR count). The Morgan fingerprint density at radius 3 is 2.90 bits per heavy atom. The SMILES string of the molecule is CCNc1nc(NCC(O)C2CC2)c2cc(C)sc2n1. The van der Waals surface area contributed by atoms with Gasteiger partial charge in [-0.2, -0.15) is 4.98 Å². The highest BCUT2D eigenvalue weighted by Gasteiger charge is 2.29. The summed E-state index contributed by atoms with van der Waals surface area (Å²) in [5.74, 6) is 1.93. The third-order valence-electron chi connectivity index (χ3n) is 3.50. The summed E-state index contributed by atoms with van der Waals surface area (Å²) >= 11 is 1.67. The van der Waals surface area contributed by atoms with E-state index >= 15 is 0 Å². The van der Waals surface area contributed by atoms with Crippen LogP contribution in [-0.2, 0) is 0 Å². The van der Waals surface area contributed by atoms with Crippen LogP contribution < -0.4 is 10.6 Å². The Kier molecular flexibility index (Phi) is 3.76. The summed E-state index contributed by atoms with van der Waals surface area (Å²) in [7, 11) is 0. The lowest BCUT2D eigenvalue weighted by Crippen LogP contribution is -2.22. The van der Waals surface area contributed by atoms with Crippen LogP contribution in [0.3, 0.4) is 0 Å². The lowest BCUT2D eigenvalue weighted by Gasteiger charge is -2.12. The second-order valence-electron chi connectivity index (χ2n) is 5.29. The third-order valence-corrected chi connectivity index (χ3v) is 4.44. The van der Waals surface area contributed by atoms with Crippen LogP contribution >= 0.6 is 11.3 Å². The molecule has 0 amide bonds. The largest absolute Gasteiger partial charge is 0.391 e.